The quantitative estimate of drug-likeness (QED) is 0.129. The molecule has 0 bridgehead atoms. The second-order valence-corrected chi connectivity index (χ2v) is 14.0. The van der Waals surface area contributed by atoms with Gasteiger partial charge in [-0.15, -0.1) is 0 Å². The van der Waals surface area contributed by atoms with Crippen molar-refractivity contribution in [3.05, 3.63) is 125 Å². The van der Waals surface area contributed by atoms with Crippen LogP contribution in [-0.2, 0) is 24.6 Å². The highest BCUT2D eigenvalue weighted by Gasteiger charge is 2.70. The van der Waals surface area contributed by atoms with Crippen LogP contribution in [0.5, 0.6) is 11.5 Å². The fourth-order valence-corrected chi connectivity index (χ4v) is 9.11. The summed E-state index contributed by atoms with van der Waals surface area (Å²) in [4.78, 5) is 59.8. The number of phenols is 1. The van der Waals surface area contributed by atoms with Crippen LogP contribution >= 0.6 is 0 Å². The molecule has 0 radical (unpaired) electrons. The summed E-state index contributed by atoms with van der Waals surface area (Å²) in [6.07, 6.45) is 2.26. The van der Waals surface area contributed by atoms with E-state index in [0.29, 0.717) is 22.6 Å². The summed E-state index contributed by atoms with van der Waals surface area (Å²) in [5, 5.41) is 31.3. The maximum Gasteiger partial charge on any atom is 0.488 e. The van der Waals surface area contributed by atoms with E-state index in [9.17, 15) is 29.5 Å². The molecular formula is C40H36BN3O8. The molecule has 4 aromatic carbocycles. The SMILES string of the molecule is COc1cc(O)ccc1[C@H]1C2=CC[C@@H]3C(=O)N(c4cccc(B(O)O)c4)C(=O)[C@@H]3[C@@H]2C[C@H]2C(=O)N(Nc3ccc(C)cc3)C(=O)[C@@]12c1ccccc1. The van der Waals surface area contributed by atoms with Crippen LogP contribution in [0.3, 0.4) is 0 Å². The van der Waals surface area contributed by atoms with Crippen LogP contribution in [0, 0.1) is 30.6 Å². The van der Waals surface area contributed by atoms with Crippen molar-refractivity contribution in [3.63, 3.8) is 0 Å². The third-order valence-electron chi connectivity index (χ3n) is 11.3. The van der Waals surface area contributed by atoms with Crippen molar-refractivity contribution >= 4 is 47.6 Å². The topological polar surface area (TPSA) is 157 Å². The Hall–Kier alpha value is -5.72. The molecule has 4 amide bonds. The highest BCUT2D eigenvalue weighted by atomic mass is 16.5. The molecule has 3 fully saturated rings. The van der Waals surface area contributed by atoms with Gasteiger partial charge < -0.3 is 19.9 Å². The minimum atomic E-state index is -1.80. The number of carbonyl (C=O) groups is 4. The standard InChI is InChI=1S/C40H36BN3O8/c1-22-11-13-25(14-12-22)42-44-37(47)32-21-31-28(17-18-30-34(31)38(48)43(36(30)46)26-10-6-9-24(19-26)41(50)51)35(29-16-15-27(45)20-33(29)52-2)40(32,39(44)49)23-7-4-3-5-8-23/h3-17,19-20,30-32,34-35,42,45,50-51H,18,21H2,1-2H3/t30-,31+,32-,34-,35+,40+/m0/s1. The number of amides is 4. The highest BCUT2D eigenvalue weighted by Crippen LogP contribution is 2.65. The number of allylic oxidation sites excluding steroid dienone is 2. The van der Waals surface area contributed by atoms with E-state index in [1.807, 2.05) is 55.5 Å². The molecule has 52 heavy (non-hydrogen) atoms. The van der Waals surface area contributed by atoms with Gasteiger partial charge in [-0.25, -0.2) is 0 Å². The van der Waals surface area contributed by atoms with Crippen molar-refractivity contribution in [1.82, 2.24) is 5.01 Å². The lowest BCUT2D eigenvalue weighted by Gasteiger charge is -2.50. The smallest absolute Gasteiger partial charge is 0.488 e. The highest BCUT2D eigenvalue weighted by molar-refractivity contribution is 6.58. The molecule has 2 heterocycles. The lowest BCUT2D eigenvalue weighted by atomic mass is 9.49. The summed E-state index contributed by atoms with van der Waals surface area (Å²) in [6.45, 7) is 1.94. The van der Waals surface area contributed by atoms with Gasteiger partial charge in [-0.2, -0.15) is 5.01 Å². The third-order valence-corrected chi connectivity index (χ3v) is 11.3. The van der Waals surface area contributed by atoms with Gasteiger partial charge in [0.1, 0.15) is 11.5 Å². The van der Waals surface area contributed by atoms with E-state index in [2.05, 4.69) is 5.43 Å². The summed E-state index contributed by atoms with van der Waals surface area (Å²) in [5.74, 6) is -5.53. The zero-order valence-corrected chi connectivity index (χ0v) is 28.5. The van der Waals surface area contributed by atoms with E-state index >= 15 is 4.79 Å². The Balaban J connectivity index is 1.32. The number of rotatable bonds is 7. The first-order valence-electron chi connectivity index (χ1n) is 17.2. The van der Waals surface area contributed by atoms with Crippen LogP contribution in [0.2, 0.25) is 0 Å². The molecule has 2 aliphatic carbocycles. The molecule has 12 heteroatoms. The Morgan fingerprint density at radius 3 is 2.31 bits per heavy atom. The first kappa shape index (κ1) is 33.4. The van der Waals surface area contributed by atoms with E-state index in [-0.39, 0.29) is 29.7 Å². The molecule has 0 spiro atoms. The molecule has 0 aromatic heterocycles. The zero-order chi connectivity index (χ0) is 36.5. The number of benzene rings is 4. The molecule has 2 aliphatic heterocycles. The van der Waals surface area contributed by atoms with Crippen LogP contribution < -0.4 is 20.5 Å². The number of aromatic hydroxyl groups is 1. The number of phenolic OH excluding ortho intramolecular Hbond substituents is 1. The molecule has 8 rings (SSSR count). The molecule has 4 N–H and O–H groups in total. The number of hydrogen-bond acceptors (Lipinski definition) is 9. The number of nitrogens with zero attached hydrogens (tertiary/aromatic N) is 2. The van der Waals surface area contributed by atoms with E-state index < -0.39 is 65.8 Å². The van der Waals surface area contributed by atoms with E-state index in [4.69, 9.17) is 4.74 Å². The number of nitrogens with one attached hydrogen (secondary N) is 1. The molecule has 2 saturated heterocycles. The first-order valence-corrected chi connectivity index (χ1v) is 17.2. The van der Waals surface area contributed by atoms with Crippen molar-refractivity contribution < 1.29 is 39.1 Å². The van der Waals surface area contributed by atoms with Crippen LogP contribution in [0.4, 0.5) is 11.4 Å². The predicted octanol–water partition coefficient (Wildman–Crippen LogP) is 3.58. The summed E-state index contributed by atoms with van der Waals surface area (Å²) >= 11 is 0. The van der Waals surface area contributed by atoms with E-state index in [1.165, 1.54) is 31.4 Å². The second-order valence-electron chi connectivity index (χ2n) is 14.0. The van der Waals surface area contributed by atoms with Gasteiger partial charge in [0.25, 0.3) is 11.8 Å². The number of anilines is 2. The summed E-state index contributed by atoms with van der Waals surface area (Å²) in [5.41, 5.74) is 5.42. The molecule has 4 aliphatic rings. The van der Waals surface area contributed by atoms with Gasteiger partial charge in [-0.1, -0.05) is 77.9 Å². The Morgan fingerprint density at radius 1 is 0.846 bits per heavy atom. The van der Waals surface area contributed by atoms with Crippen molar-refractivity contribution in [2.24, 2.45) is 23.7 Å². The number of imide groups is 2. The van der Waals surface area contributed by atoms with Crippen molar-refractivity contribution in [2.45, 2.75) is 31.1 Å². The number of fused-ring (bicyclic) bond motifs is 4. The number of carbonyl (C=O) groups excluding carboxylic acids is 4. The van der Waals surface area contributed by atoms with Crippen LogP contribution in [0.25, 0.3) is 0 Å². The molecule has 4 aromatic rings. The van der Waals surface area contributed by atoms with E-state index in [1.54, 1.807) is 30.3 Å². The molecule has 11 nitrogen and oxygen atoms in total. The van der Waals surface area contributed by atoms with Gasteiger partial charge in [-0.3, -0.25) is 29.5 Å². The molecule has 0 unspecified atom stereocenters. The second kappa shape index (κ2) is 12.5. The number of ether oxygens (including phenoxy) is 1. The minimum absolute atomic E-state index is 0.0464. The van der Waals surface area contributed by atoms with Crippen molar-refractivity contribution in [3.8, 4) is 11.5 Å². The maximum absolute atomic E-state index is 15.3. The summed E-state index contributed by atoms with van der Waals surface area (Å²) < 4.78 is 5.83. The van der Waals surface area contributed by atoms with Gasteiger partial charge in [-0.05, 0) is 67.0 Å². The Bertz CT molecular complexity index is 2160. The van der Waals surface area contributed by atoms with Crippen LogP contribution in [-0.4, -0.2) is 58.0 Å². The zero-order valence-electron chi connectivity index (χ0n) is 28.5. The number of hydrogen-bond donors (Lipinski definition) is 4. The number of hydrazine groups is 1. The minimum Gasteiger partial charge on any atom is -0.508 e. The molecular weight excluding hydrogens is 661 g/mol. The van der Waals surface area contributed by atoms with Gasteiger partial charge in [0.15, 0.2) is 0 Å². The Labute approximate surface area is 300 Å². The fourth-order valence-electron chi connectivity index (χ4n) is 9.11. The normalized spacial score (nSPS) is 26.5. The first-order chi connectivity index (χ1) is 25.1. The van der Waals surface area contributed by atoms with Crippen molar-refractivity contribution in [1.29, 1.82) is 0 Å². The van der Waals surface area contributed by atoms with Gasteiger partial charge in [0, 0.05) is 17.5 Å². The van der Waals surface area contributed by atoms with Crippen LogP contribution in [0.1, 0.15) is 35.4 Å². The van der Waals surface area contributed by atoms with Gasteiger partial charge in [0.05, 0.1) is 41.7 Å². The fraction of sp³-hybridized carbons (Fsp3) is 0.250. The molecule has 6 atom stereocenters. The Kier molecular flexibility index (Phi) is 8.04. The maximum atomic E-state index is 15.3. The molecule has 1 saturated carbocycles. The lowest BCUT2D eigenvalue weighted by Crippen LogP contribution is -2.53. The Morgan fingerprint density at radius 2 is 1.60 bits per heavy atom. The molecule has 262 valence electrons. The van der Waals surface area contributed by atoms with Gasteiger partial charge >= 0.3 is 7.12 Å². The number of methoxy groups -OCH3 is 1. The predicted molar refractivity (Wildman–Crippen MR) is 192 cm³/mol. The monoisotopic (exact) mass is 697 g/mol. The van der Waals surface area contributed by atoms with Crippen molar-refractivity contribution in [2.75, 3.05) is 17.4 Å². The average Bonchev–Trinajstić information content (AvgIpc) is 3.53. The van der Waals surface area contributed by atoms with Crippen LogP contribution in [0.15, 0.2) is 109 Å². The number of aryl methyl sites for hydroxylation is 1. The average molecular weight is 698 g/mol. The largest absolute Gasteiger partial charge is 0.508 e. The van der Waals surface area contributed by atoms with Gasteiger partial charge in [0.2, 0.25) is 11.8 Å². The van der Waals surface area contributed by atoms with E-state index in [0.717, 1.165) is 21.0 Å². The summed E-state index contributed by atoms with van der Waals surface area (Å²) in [6, 6.07) is 27.2. The summed E-state index contributed by atoms with van der Waals surface area (Å²) in [7, 11) is -0.325. The third kappa shape index (κ3) is 4.89. The lowest BCUT2D eigenvalue weighted by molar-refractivity contribution is -0.138.